The molecular formula is C19H23NO3. The van der Waals surface area contributed by atoms with Gasteiger partial charge in [-0.15, -0.1) is 0 Å². The molecule has 0 bridgehead atoms. The first-order valence-corrected chi connectivity index (χ1v) is 8.20. The third kappa shape index (κ3) is 3.37. The molecule has 23 heavy (non-hydrogen) atoms. The summed E-state index contributed by atoms with van der Waals surface area (Å²) < 4.78 is 11.0. The number of ether oxygens (including phenoxy) is 2. The van der Waals surface area contributed by atoms with Gasteiger partial charge >= 0.3 is 5.97 Å². The molecule has 0 radical (unpaired) electrons. The summed E-state index contributed by atoms with van der Waals surface area (Å²) in [6.07, 6.45) is 3.64. The fourth-order valence-electron chi connectivity index (χ4n) is 3.32. The van der Waals surface area contributed by atoms with Gasteiger partial charge in [-0.1, -0.05) is 6.07 Å². The van der Waals surface area contributed by atoms with E-state index in [0.717, 1.165) is 30.4 Å². The molecule has 1 aromatic carbocycles. The Morgan fingerprint density at radius 2 is 2.22 bits per heavy atom. The molecule has 0 spiro atoms. The molecule has 0 N–H and O–H groups in total. The number of benzene rings is 1. The molecule has 2 heterocycles. The number of aromatic nitrogens is 1. The largest absolute Gasteiger partial charge is 0.462 e. The minimum absolute atomic E-state index is 0.100. The lowest BCUT2D eigenvalue weighted by Crippen LogP contribution is -2.32. The Balaban J connectivity index is 2.00. The van der Waals surface area contributed by atoms with E-state index < -0.39 is 0 Å². The quantitative estimate of drug-likeness (QED) is 0.801. The zero-order valence-electron chi connectivity index (χ0n) is 14.0. The number of pyridine rings is 1. The van der Waals surface area contributed by atoms with E-state index in [9.17, 15) is 4.79 Å². The number of hydrogen-bond acceptors (Lipinski definition) is 4. The summed E-state index contributed by atoms with van der Waals surface area (Å²) in [5, 5.41) is 0.868. The van der Waals surface area contributed by atoms with Crippen molar-refractivity contribution in [1.82, 2.24) is 4.98 Å². The lowest BCUT2D eigenvalue weighted by Gasteiger charge is -2.35. The van der Waals surface area contributed by atoms with E-state index in [2.05, 4.69) is 31.0 Å². The first-order valence-electron chi connectivity index (χ1n) is 8.20. The molecule has 1 aliphatic heterocycles. The second-order valence-electron chi connectivity index (χ2n) is 6.65. The minimum atomic E-state index is -0.288. The van der Waals surface area contributed by atoms with Crippen LogP contribution in [0.2, 0.25) is 0 Å². The molecule has 122 valence electrons. The molecule has 0 aliphatic carbocycles. The van der Waals surface area contributed by atoms with Crippen LogP contribution in [-0.4, -0.2) is 29.8 Å². The Hall–Kier alpha value is -1.94. The van der Waals surface area contributed by atoms with E-state index in [4.69, 9.17) is 9.47 Å². The molecule has 0 amide bonds. The van der Waals surface area contributed by atoms with Crippen LogP contribution in [-0.2, 0) is 9.47 Å². The SMILES string of the molecule is CCOC(=O)c1ccnc2ccc([C@H]3CCOC(C)(C)C3)cc12. The fourth-order valence-corrected chi connectivity index (χ4v) is 3.32. The predicted molar refractivity (Wildman–Crippen MR) is 89.7 cm³/mol. The van der Waals surface area contributed by atoms with Gasteiger partial charge in [0.25, 0.3) is 0 Å². The van der Waals surface area contributed by atoms with Crippen molar-refractivity contribution < 1.29 is 14.3 Å². The number of rotatable bonds is 3. The van der Waals surface area contributed by atoms with Gasteiger partial charge in [0, 0.05) is 18.2 Å². The second kappa shape index (κ2) is 6.28. The highest BCUT2D eigenvalue weighted by atomic mass is 16.5. The van der Waals surface area contributed by atoms with Crippen LogP contribution in [0.3, 0.4) is 0 Å². The summed E-state index contributed by atoms with van der Waals surface area (Å²) in [5.41, 5.74) is 2.56. The van der Waals surface area contributed by atoms with E-state index in [1.807, 2.05) is 13.0 Å². The Morgan fingerprint density at radius 1 is 1.39 bits per heavy atom. The van der Waals surface area contributed by atoms with Crippen LogP contribution in [0.25, 0.3) is 10.9 Å². The maximum Gasteiger partial charge on any atom is 0.338 e. The van der Waals surface area contributed by atoms with Crippen molar-refractivity contribution in [3.63, 3.8) is 0 Å². The van der Waals surface area contributed by atoms with Crippen LogP contribution in [0.5, 0.6) is 0 Å². The van der Waals surface area contributed by atoms with Gasteiger partial charge in [-0.2, -0.15) is 0 Å². The molecule has 1 aromatic heterocycles. The number of hydrogen-bond donors (Lipinski definition) is 0. The monoisotopic (exact) mass is 313 g/mol. The number of carbonyl (C=O) groups is 1. The van der Waals surface area contributed by atoms with Crippen LogP contribution < -0.4 is 0 Å². The van der Waals surface area contributed by atoms with Gasteiger partial charge in [0.15, 0.2) is 0 Å². The summed E-state index contributed by atoms with van der Waals surface area (Å²) in [6, 6.07) is 7.95. The van der Waals surface area contributed by atoms with Crippen molar-refractivity contribution in [2.75, 3.05) is 13.2 Å². The van der Waals surface area contributed by atoms with Gasteiger partial charge in [-0.25, -0.2) is 4.79 Å². The van der Waals surface area contributed by atoms with Crippen LogP contribution in [0.15, 0.2) is 30.5 Å². The van der Waals surface area contributed by atoms with Crippen molar-refractivity contribution in [1.29, 1.82) is 0 Å². The smallest absolute Gasteiger partial charge is 0.338 e. The van der Waals surface area contributed by atoms with Crippen LogP contribution in [0.1, 0.15) is 55.5 Å². The van der Waals surface area contributed by atoms with Crippen molar-refractivity contribution >= 4 is 16.9 Å². The molecule has 1 fully saturated rings. The highest BCUT2D eigenvalue weighted by molar-refractivity contribution is 6.03. The fraction of sp³-hybridized carbons (Fsp3) is 0.474. The molecule has 0 unspecified atom stereocenters. The van der Waals surface area contributed by atoms with Gasteiger partial charge in [-0.05, 0) is 63.3 Å². The molecule has 2 aromatic rings. The Bertz CT molecular complexity index is 724. The molecular weight excluding hydrogens is 290 g/mol. The summed E-state index contributed by atoms with van der Waals surface area (Å²) in [7, 11) is 0. The lowest BCUT2D eigenvalue weighted by molar-refractivity contribution is -0.0592. The Morgan fingerprint density at radius 3 is 2.96 bits per heavy atom. The Labute approximate surface area is 136 Å². The average molecular weight is 313 g/mol. The van der Waals surface area contributed by atoms with Gasteiger partial charge in [0.2, 0.25) is 0 Å². The van der Waals surface area contributed by atoms with Crippen LogP contribution in [0.4, 0.5) is 0 Å². The minimum Gasteiger partial charge on any atom is -0.462 e. The summed E-state index contributed by atoms with van der Waals surface area (Å²) >= 11 is 0. The van der Waals surface area contributed by atoms with E-state index in [-0.39, 0.29) is 11.6 Å². The molecule has 4 heteroatoms. The highest BCUT2D eigenvalue weighted by Gasteiger charge is 2.30. The van der Waals surface area contributed by atoms with Crippen molar-refractivity contribution in [2.24, 2.45) is 0 Å². The highest BCUT2D eigenvalue weighted by Crippen LogP contribution is 2.36. The summed E-state index contributed by atoms with van der Waals surface area (Å²) in [6.45, 7) is 7.22. The number of fused-ring (bicyclic) bond motifs is 1. The Kier molecular flexibility index (Phi) is 4.35. The first kappa shape index (κ1) is 15.9. The number of esters is 1. The predicted octanol–water partition coefficient (Wildman–Crippen LogP) is 4.08. The van der Waals surface area contributed by atoms with Gasteiger partial charge in [0.05, 0.1) is 23.3 Å². The summed E-state index contributed by atoms with van der Waals surface area (Å²) in [5.74, 6) is 0.155. The topological polar surface area (TPSA) is 48.4 Å². The van der Waals surface area contributed by atoms with E-state index in [1.54, 1.807) is 12.3 Å². The van der Waals surface area contributed by atoms with Gasteiger partial charge < -0.3 is 9.47 Å². The normalized spacial score (nSPS) is 20.4. The van der Waals surface area contributed by atoms with E-state index in [0.29, 0.717) is 18.1 Å². The maximum absolute atomic E-state index is 12.2. The molecule has 1 atom stereocenters. The van der Waals surface area contributed by atoms with Crippen LogP contribution in [0, 0.1) is 0 Å². The molecule has 1 aliphatic rings. The summed E-state index contributed by atoms with van der Waals surface area (Å²) in [4.78, 5) is 16.5. The molecule has 3 rings (SSSR count). The van der Waals surface area contributed by atoms with Crippen molar-refractivity contribution in [2.45, 2.75) is 45.1 Å². The maximum atomic E-state index is 12.2. The standard InChI is InChI=1S/C19H23NO3/c1-4-22-18(21)15-7-9-20-17-6-5-13(11-16(15)17)14-8-10-23-19(2,3)12-14/h5-7,9,11,14H,4,8,10,12H2,1-3H3/t14-/m0/s1. The van der Waals surface area contributed by atoms with Gasteiger partial charge in [-0.3, -0.25) is 4.98 Å². The third-order valence-electron chi connectivity index (χ3n) is 4.43. The van der Waals surface area contributed by atoms with Crippen LogP contribution >= 0.6 is 0 Å². The second-order valence-corrected chi connectivity index (χ2v) is 6.65. The van der Waals surface area contributed by atoms with Crippen molar-refractivity contribution in [3.8, 4) is 0 Å². The molecule has 1 saturated heterocycles. The zero-order valence-corrected chi connectivity index (χ0v) is 14.0. The van der Waals surface area contributed by atoms with E-state index >= 15 is 0 Å². The van der Waals surface area contributed by atoms with Crippen molar-refractivity contribution in [3.05, 3.63) is 41.6 Å². The molecule has 0 saturated carbocycles. The zero-order chi connectivity index (χ0) is 16.4. The number of nitrogens with zero attached hydrogens (tertiary/aromatic N) is 1. The third-order valence-corrected chi connectivity index (χ3v) is 4.43. The first-order chi connectivity index (χ1) is 11.0. The average Bonchev–Trinajstić information content (AvgIpc) is 2.53. The van der Waals surface area contributed by atoms with Gasteiger partial charge in [0.1, 0.15) is 0 Å². The number of carbonyl (C=O) groups excluding carboxylic acids is 1. The van der Waals surface area contributed by atoms with E-state index in [1.165, 1.54) is 5.56 Å². The molecule has 4 nitrogen and oxygen atoms in total. The lowest BCUT2D eigenvalue weighted by atomic mass is 9.83.